The summed E-state index contributed by atoms with van der Waals surface area (Å²) in [5.41, 5.74) is 0.548. The van der Waals surface area contributed by atoms with Crippen molar-refractivity contribution in [3.05, 3.63) is 96.1 Å². The fourth-order valence-electron chi connectivity index (χ4n) is 3.12. The van der Waals surface area contributed by atoms with Gasteiger partial charge in [0.05, 0.1) is 24.3 Å². The molecule has 0 unspecified atom stereocenters. The minimum Gasteiger partial charge on any atom is -0.494 e. The second-order valence-corrected chi connectivity index (χ2v) is 7.27. The van der Waals surface area contributed by atoms with Crippen molar-refractivity contribution in [2.24, 2.45) is 0 Å². The van der Waals surface area contributed by atoms with Gasteiger partial charge in [-0.2, -0.15) is 0 Å². The summed E-state index contributed by atoms with van der Waals surface area (Å²) >= 11 is 0. The van der Waals surface area contributed by atoms with Gasteiger partial charge in [0.1, 0.15) is 29.6 Å². The molecule has 0 saturated heterocycles. The van der Waals surface area contributed by atoms with Gasteiger partial charge in [0, 0.05) is 11.6 Å². The van der Waals surface area contributed by atoms with Gasteiger partial charge in [0.25, 0.3) is 0 Å². The molecule has 0 aromatic heterocycles. The predicted molar refractivity (Wildman–Crippen MR) is 132 cm³/mol. The SMILES string of the molecule is C=CC(=O)OCc1cc(C(=O)Oc2ccc(OCC)cc2)ccc1C(=O)Oc1ccc(OCC)cc1. The average molecular weight is 491 g/mol. The van der Waals surface area contributed by atoms with E-state index in [0.717, 1.165) is 6.08 Å². The van der Waals surface area contributed by atoms with E-state index in [-0.39, 0.29) is 23.3 Å². The molecule has 0 spiro atoms. The molecule has 0 bridgehead atoms. The van der Waals surface area contributed by atoms with Crippen molar-refractivity contribution in [1.82, 2.24) is 0 Å². The summed E-state index contributed by atoms with van der Waals surface area (Å²) in [5.74, 6) is -0.0948. The first-order valence-corrected chi connectivity index (χ1v) is 11.3. The molecule has 0 amide bonds. The van der Waals surface area contributed by atoms with Gasteiger partial charge in [-0.05, 0) is 80.6 Å². The summed E-state index contributed by atoms with van der Waals surface area (Å²) in [6, 6.07) is 17.4. The van der Waals surface area contributed by atoms with Gasteiger partial charge >= 0.3 is 17.9 Å². The number of rotatable bonds is 11. The lowest BCUT2D eigenvalue weighted by Crippen LogP contribution is -2.15. The van der Waals surface area contributed by atoms with E-state index in [1.807, 2.05) is 13.8 Å². The first kappa shape index (κ1) is 26.0. The number of ether oxygens (including phenoxy) is 5. The van der Waals surface area contributed by atoms with E-state index >= 15 is 0 Å². The highest BCUT2D eigenvalue weighted by Crippen LogP contribution is 2.23. The summed E-state index contributed by atoms with van der Waals surface area (Å²) < 4.78 is 26.7. The van der Waals surface area contributed by atoms with Gasteiger partial charge < -0.3 is 23.7 Å². The maximum Gasteiger partial charge on any atom is 0.343 e. The van der Waals surface area contributed by atoms with Crippen LogP contribution >= 0.6 is 0 Å². The van der Waals surface area contributed by atoms with Crippen LogP contribution in [0.15, 0.2) is 79.4 Å². The van der Waals surface area contributed by atoms with Gasteiger partial charge in [-0.15, -0.1) is 0 Å². The fourth-order valence-corrected chi connectivity index (χ4v) is 3.12. The van der Waals surface area contributed by atoms with E-state index in [1.165, 1.54) is 18.2 Å². The van der Waals surface area contributed by atoms with Crippen LogP contribution < -0.4 is 18.9 Å². The molecular formula is C28H26O8. The van der Waals surface area contributed by atoms with Crippen molar-refractivity contribution in [3.63, 3.8) is 0 Å². The lowest BCUT2D eigenvalue weighted by molar-refractivity contribution is -0.139. The molecule has 0 radical (unpaired) electrons. The topological polar surface area (TPSA) is 97.4 Å². The molecule has 8 nitrogen and oxygen atoms in total. The third-order valence-electron chi connectivity index (χ3n) is 4.79. The molecule has 36 heavy (non-hydrogen) atoms. The van der Waals surface area contributed by atoms with Crippen LogP contribution in [0.1, 0.15) is 40.1 Å². The van der Waals surface area contributed by atoms with Crippen molar-refractivity contribution < 1.29 is 38.1 Å². The molecule has 3 aromatic carbocycles. The Morgan fingerprint density at radius 3 is 1.72 bits per heavy atom. The number of hydrogen-bond donors (Lipinski definition) is 0. The van der Waals surface area contributed by atoms with E-state index in [9.17, 15) is 14.4 Å². The van der Waals surface area contributed by atoms with E-state index in [1.54, 1.807) is 48.5 Å². The second-order valence-electron chi connectivity index (χ2n) is 7.27. The van der Waals surface area contributed by atoms with Crippen LogP contribution in [-0.4, -0.2) is 31.1 Å². The monoisotopic (exact) mass is 490 g/mol. The Hall–Kier alpha value is -4.59. The zero-order valence-electron chi connectivity index (χ0n) is 20.0. The van der Waals surface area contributed by atoms with Gasteiger partial charge in [-0.25, -0.2) is 14.4 Å². The minimum atomic E-state index is -0.685. The molecule has 8 heteroatoms. The van der Waals surface area contributed by atoms with Crippen LogP contribution in [0.2, 0.25) is 0 Å². The summed E-state index contributed by atoms with van der Waals surface area (Å²) in [6.45, 7) is 7.85. The first-order valence-electron chi connectivity index (χ1n) is 11.3. The van der Waals surface area contributed by atoms with Gasteiger partial charge in [-0.1, -0.05) is 6.58 Å². The van der Waals surface area contributed by atoms with E-state index < -0.39 is 17.9 Å². The largest absolute Gasteiger partial charge is 0.494 e. The molecule has 0 fully saturated rings. The van der Waals surface area contributed by atoms with Crippen molar-refractivity contribution in [2.75, 3.05) is 13.2 Å². The summed E-state index contributed by atoms with van der Waals surface area (Å²) in [6.07, 6.45) is 1.00. The quantitative estimate of drug-likeness (QED) is 0.207. The molecule has 0 heterocycles. The number of esters is 3. The summed E-state index contributed by atoms with van der Waals surface area (Å²) in [5, 5.41) is 0. The van der Waals surface area contributed by atoms with Crippen molar-refractivity contribution in [2.45, 2.75) is 20.5 Å². The Balaban J connectivity index is 1.79. The Morgan fingerprint density at radius 1 is 0.722 bits per heavy atom. The van der Waals surface area contributed by atoms with E-state index in [0.29, 0.717) is 36.2 Å². The standard InChI is InChI=1S/C28H26O8/c1-4-26(29)34-18-20-17-19(27(30)35-23-12-8-21(9-13-23)32-5-2)7-16-25(20)28(31)36-24-14-10-22(11-15-24)33-6-3/h4,7-17H,1,5-6,18H2,2-3H3. The summed E-state index contributed by atoms with van der Waals surface area (Å²) in [4.78, 5) is 37.2. The van der Waals surface area contributed by atoms with Crippen LogP contribution in [0, 0.1) is 0 Å². The highest BCUT2D eigenvalue weighted by atomic mass is 16.5. The van der Waals surface area contributed by atoms with Crippen LogP contribution in [0.5, 0.6) is 23.0 Å². The number of hydrogen-bond acceptors (Lipinski definition) is 8. The number of carbonyl (C=O) groups is 3. The lowest BCUT2D eigenvalue weighted by Gasteiger charge is -2.12. The molecule has 0 aliphatic carbocycles. The second kappa shape index (κ2) is 12.8. The molecule has 0 aliphatic rings. The highest BCUT2D eigenvalue weighted by Gasteiger charge is 2.19. The van der Waals surface area contributed by atoms with E-state index in [4.69, 9.17) is 23.7 Å². The third kappa shape index (κ3) is 7.20. The van der Waals surface area contributed by atoms with E-state index in [2.05, 4.69) is 6.58 Å². The maximum absolute atomic E-state index is 12.9. The number of benzene rings is 3. The van der Waals surface area contributed by atoms with Crippen molar-refractivity contribution >= 4 is 17.9 Å². The van der Waals surface area contributed by atoms with Gasteiger partial charge in [-0.3, -0.25) is 0 Å². The predicted octanol–water partition coefficient (Wildman–Crippen LogP) is 5.15. The Morgan fingerprint density at radius 2 is 1.22 bits per heavy atom. The van der Waals surface area contributed by atoms with Gasteiger partial charge in [0.15, 0.2) is 0 Å². The first-order chi connectivity index (χ1) is 17.4. The lowest BCUT2D eigenvalue weighted by atomic mass is 10.0. The Bertz CT molecular complexity index is 1210. The van der Waals surface area contributed by atoms with Crippen molar-refractivity contribution in [1.29, 1.82) is 0 Å². The molecule has 3 rings (SSSR count). The smallest absolute Gasteiger partial charge is 0.343 e. The molecule has 0 aliphatic heterocycles. The highest BCUT2D eigenvalue weighted by molar-refractivity contribution is 5.96. The fraction of sp³-hybridized carbons (Fsp3) is 0.179. The Kier molecular flexibility index (Phi) is 9.22. The third-order valence-corrected chi connectivity index (χ3v) is 4.79. The normalized spacial score (nSPS) is 10.2. The minimum absolute atomic E-state index is 0.123. The van der Waals surface area contributed by atoms with Crippen molar-refractivity contribution in [3.8, 4) is 23.0 Å². The van der Waals surface area contributed by atoms with Crippen LogP contribution in [0.4, 0.5) is 0 Å². The van der Waals surface area contributed by atoms with Crippen LogP contribution in [0.25, 0.3) is 0 Å². The van der Waals surface area contributed by atoms with Crippen LogP contribution in [-0.2, 0) is 16.1 Å². The van der Waals surface area contributed by atoms with Crippen LogP contribution in [0.3, 0.4) is 0 Å². The number of carbonyl (C=O) groups excluding carboxylic acids is 3. The molecule has 0 atom stereocenters. The van der Waals surface area contributed by atoms with Gasteiger partial charge in [0.2, 0.25) is 0 Å². The molecule has 3 aromatic rings. The maximum atomic E-state index is 12.9. The summed E-state index contributed by atoms with van der Waals surface area (Å²) in [7, 11) is 0. The zero-order chi connectivity index (χ0) is 25.9. The molecule has 0 saturated carbocycles. The Labute approximate surface area is 209 Å². The molecule has 186 valence electrons. The average Bonchev–Trinajstić information content (AvgIpc) is 2.89. The molecular weight excluding hydrogens is 464 g/mol. The zero-order valence-corrected chi connectivity index (χ0v) is 20.0. The molecule has 0 N–H and O–H groups in total.